The second-order valence-electron chi connectivity index (χ2n) is 9.41. The first-order valence-electron chi connectivity index (χ1n) is 12.6. The average molecular weight is 675 g/mol. The number of carbonyl (C=O) groups excluding carboxylic acids is 4. The van der Waals surface area contributed by atoms with Gasteiger partial charge in [0.15, 0.2) is 0 Å². The lowest BCUT2D eigenvalue weighted by Gasteiger charge is -2.16. The highest BCUT2D eigenvalue weighted by Crippen LogP contribution is 2.38. The molecule has 4 rings (SSSR count). The van der Waals surface area contributed by atoms with Crippen LogP contribution in [-0.2, 0) is 31.5 Å². The highest BCUT2D eigenvalue weighted by molar-refractivity contribution is 8.26. The van der Waals surface area contributed by atoms with Crippen molar-refractivity contribution in [3.63, 3.8) is 0 Å². The number of hydrogen-bond acceptors (Lipinski definition) is 7. The van der Waals surface area contributed by atoms with Gasteiger partial charge in [-0.05, 0) is 36.4 Å². The summed E-state index contributed by atoms with van der Waals surface area (Å²) in [6, 6.07) is 8.12. The Morgan fingerprint density at radius 3 is 1.73 bits per heavy atom. The van der Waals surface area contributed by atoms with Crippen LogP contribution < -0.4 is 10.6 Å². The van der Waals surface area contributed by atoms with Gasteiger partial charge in [-0.2, -0.15) is 26.3 Å². The Morgan fingerprint density at radius 2 is 1.25 bits per heavy atom. The molecule has 44 heavy (non-hydrogen) atoms. The van der Waals surface area contributed by atoms with Crippen molar-refractivity contribution in [2.24, 2.45) is 0 Å². The predicted octanol–water partition coefficient (Wildman–Crippen LogP) is 5.76. The summed E-state index contributed by atoms with van der Waals surface area (Å²) in [6.07, 6.45) is -9.87. The van der Waals surface area contributed by atoms with Crippen molar-refractivity contribution < 1.29 is 45.5 Å². The van der Waals surface area contributed by atoms with Crippen molar-refractivity contribution in [2.45, 2.75) is 31.6 Å². The van der Waals surface area contributed by atoms with E-state index in [0.29, 0.717) is 0 Å². The van der Waals surface area contributed by atoms with Crippen LogP contribution in [0.1, 0.15) is 30.4 Å². The highest BCUT2D eigenvalue weighted by Gasteiger charge is 2.41. The van der Waals surface area contributed by atoms with Gasteiger partial charge in [0.2, 0.25) is 11.8 Å². The third-order valence-corrected chi connectivity index (χ3v) is 8.18. The fourth-order valence-electron chi connectivity index (χ4n) is 4.20. The van der Waals surface area contributed by atoms with Gasteiger partial charge in [0.05, 0.1) is 21.0 Å². The summed E-state index contributed by atoms with van der Waals surface area (Å²) in [5.41, 5.74) is -1.99. The van der Waals surface area contributed by atoms with Gasteiger partial charge < -0.3 is 15.5 Å². The van der Waals surface area contributed by atoms with E-state index in [1.165, 1.54) is 12.1 Å². The molecule has 2 aromatic rings. The van der Waals surface area contributed by atoms with Crippen LogP contribution in [0.25, 0.3) is 0 Å². The van der Waals surface area contributed by atoms with E-state index in [4.69, 9.17) is 24.4 Å². The number of alkyl halides is 6. The van der Waals surface area contributed by atoms with Gasteiger partial charge in [0, 0.05) is 49.3 Å². The largest absolute Gasteiger partial charge is 0.416 e. The Balaban J connectivity index is 1.34. The molecule has 17 heteroatoms. The highest BCUT2D eigenvalue weighted by atomic mass is 32.2. The summed E-state index contributed by atoms with van der Waals surface area (Å²) in [5, 5.41) is 4.68. The molecule has 2 aromatic carbocycles. The molecule has 0 radical (unpaired) electrons. The normalized spacial score (nSPS) is 17.5. The minimum atomic E-state index is -4.59. The van der Waals surface area contributed by atoms with Crippen LogP contribution in [0.2, 0.25) is 0 Å². The summed E-state index contributed by atoms with van der Waals surface area (Å²) in [4.78, 5) is 53.3. The topological polar surface area (TPSA) is 98.8 Å². The molecule has 232 valence electrons. The molecule has 2 fully saturated rings. The average Bonchev–Trinajstić information content (AvgIpc) is 3.38. The van der Waals surface area contributed by atoms with Crippen molar-refractivity contribution in [1.29, 1.82) is 0 Å². The van der Waals surface area contributed by atoms with Crippen LogP contribution in [0, 0.1) is 0 Å². The maximum absolute atomic E-state index is 13.1. The van der Waals surface area contributed by atoms with E-state index >= 15 is 0 Å². The monoisotopic (exact) mass is 674 g/mol. The van der Waals surface area contributed by atoms with Gasteiger partial charge in [0.1, 0.15) is 4.32 Å². The predicted molar refractivity (Wildman–Crippen MR) is 157 cm³/mol. The molecule has 2 aliphatic heterocycles. The molecule has 8 nitrogen and oxygen atoms in total. The van der Waals surface area contributed by atoms with E-state index in [-0.39, 0.29) is 63.5 Å². The van der Waals surface area contributed by atoms with Gasteiger partial charge in [-0.1, -0.05) is 48.3 Å². The number of benzene rings is 2. The van der Waals surface area contributed by atoms with Gasteiger partial charge >= 0.3 is 12.4 Å². The van der Waals surface area contributed by atoms with Crippen molar-refractivity contribution in [2.75, 3.05) is 23.7 Å². The van der Waals surface area contributed by atoms with Crippen LogP contribution in [0.3, 0.4) is 0 Å². The number of nitrogens with zero attached hydrogens (tertiary/aromatic N) is 2. The lowest BCUT2D eigenvalue weighted by Crippen LogP contribution is -2.33. The zero-order valence-electron chi connectivity index (χ0n) is 22.2. The molecule has 2 saturated heterocycles. The zero-order chi connectivity index (χ0) is 32.4. The Morgan fingerprint density at radius 1 is 0.773 bits per heavy atom. The Hall–Kier alpha value is -3.83. The van der Waals surface area contributed by atoms with E-state index in [2.05, 4.69) is 10.6 Å². The maximum Gasteiger partial charge on any atom is 0.416 e. The first kappa shape index (κ1) is 33.1. The van der Waals surface area contributed by atoms with Crippen LogP contribution in [0.4, 0.5) is 37.7 Å². The number of thioether (sulfide) groups is 1. The Kier molecular flexibility index (Phi) is 9.80. The number of nitrogens with one attached hydrogen (secondary N) is 2. The van der Waals surface area contributed by atoms with E-state index < -0.39 is 47.1 Å². The first-order chi connectivity index (χ1) is 20.5. The molecule has 0 aromatic heterocycles. The van der Waals surface area contributed by atoms with E-state index in [1.54, 1.807) is 0 Å². The molecule has 0 atom stereocenters. The number of hydrogen-bond donors (Lipinski definition) is 2. The van der Waals surface area contributed by atoms with Crippen LogP contribution in [0.15, 0.2) is 59.0 Å². The van der Waals surface area contributed by atoms with E-state index in [0.717, 1.165) is 58.0 Å². The van der Waals surface area contributed by atoms with Crippen LogP contribution >= 0.6 is 36.2 Å². The van der Waals surface area contributed by atoms with Crippen LogP contribution in [-0.4, -0.2) is 55.8 Å². The second kappa shape index (κ2) is 13.0. The fraction of sp³-hybridized carbons (Fsp3) is 0.259. The lowest BCUT2D eigenvalue weighted by molar-refractivity contribution is -0.138. The second-order valence-corrected chi connectivity index (χ2v) is 11.5. The zero-order valence-corrected chi connectivity index (χ0v) is 24.6. The number of amides is 4. The van der Waals surface area contributed by atoms with Gasteiger partial charge in [0.25, 0.3) is 11.8 Å². The van der Waals surface area contributed by atoms with Crippen molar-refractivity contribution in [1.82, 2.24) is 9.80 Å². The third-order valence-electron chi connectivity index (χ3n) is 6.33. The van der Waals surface area contributed by atoms with Gasteiger partial charge in [-0.25, -0.2) is 0 Å². The van der Waals surface area contributed by atoms with Crippen molar-refractivity contribution >= 4 is 80.5 Å². The molecular weight excluding hydrogens is 655 g/mol. The minimum absolute atomic E-state index is 0.00319. The number of anilines is 2. The standard InChI is InChI=1S/C27H20F6N4O4S3/c28-26(29,30)14-3-1-5-16(11-14)34-19(38)7-9-36-21(42)13-18(23(36)40)22-24(41)37(25(43)44-22)10-8-20(39)35-17-6-2-4-15(12-17)27(31,32)33/h1-6,11-12H,7-10,13H2,(H,34,38)(H,35,39)/b22-18+. The fourth-order valence-corrected chi connectivity index (χ4v) is 5.88. The molecule has 0 aliphatic carbocycles. The summed E-state index contributed by atoms with van der Waals surface area (Å²) in [6.45, 7) is -0.397. The van der Waals surface area contributed by atoms with Gasteiger partial charge in [-0.15, -0.1) is 0 Å². The summed E-state index contributed by atoms with van der Waals surface area (Å²) in [5.74, 6) is -2.62. The summed E-state index contributed by atoms with van der Waals surface area (Å²) >= 11 is 11.3. The summed E-state index contributed by atoms with van der Waals surface area (Å²) < 4.78 is 77.6. The van der Waals surface area contributed by atoms with Crippen molar-refractivity contribution in [3.05, 3.63) is 70.1 Å². The quantitative estimate of drug-likeness (QED) is 0.209. The molecule has 2 heterocycles. The molecule has 0 unspecified atom stereocenters. The molecule has 2 N–H and O–H groups in total. The number of thiocarbonyl (C=S) groups is 2. The first-order valence-corrected chi connectivity index (χ1v) is 14.2. The van der Waals surface area contributed by atoms with Crippen molar-refractivity contribution in [3.8, 4) is 0 Å². The summed E-state index contributed by atoms with van der Waals surface area (Å²) in [7, 11) is 0. The molecule has 0 bridgehead atoms. The molecule has 2 aliphatic rings. The Labute approximate surface area is 260 Å². The van der Waals surface area contributed by atoms with Crippen LogP contribution in [0.5, 0.6) is 0 Å². The number of rotatable bonds is 8. The minimum Gasteiger partial charge on any atom is -0.326 e. The van der Waals surface area contributed by atoms with E-state index in [9.17, 15) is 45.5 Å². The lowest BCUT2D eigenvalue weighted by atomic mass is 10.2. The SMILES string of the molecule is O=C(CCN1C(=O)/C(=C2/SC(=S)N(CCC(=O)Nc3cccc(C(F)(F)F)c3)C2=O)CC1=S)Nc1cccc(C(F)(F)F)c1. The molecule has 0 spiro atoms. The maximum atomic E-state index is 13.1. The smallest absolute Gasteiger partial charge is 0.326 e. The Bertz CT molecular complexity index is 1480. The number of carbonyl (C=O) groups is 4. The number of halogens is 6. The molecule has 0 saturated carbocycles. The molecule has 4 amide bonds. The number of likely N-dealkylation sites (tertiary alicyclic amines) is 1. The molecular formula is C27H20F6N4O4S3. The van der Waals surface area contributed by atoms with Gasteiger partial charge in [-0.3, -0.25) is 24.1 Å². The third kappa shape index (κ3) is 7.81. The van der Waals surface area contributed by atoms with E-state index in [1.807, 2.05) is 0 Å².